The molecular weight excluding hydrogens is 250 g/mol. The van der Waals surface area contributed by atoms with Crippen molar-refractivity contribution in [2.45, 2.75) is 45.1 Å². The van der Waals surface area contributed by atoms with Crippen LogP contribution < -0.4 is 0 Å². The van der Waals surface area contributed by atoms with Crippen molar-refractivity contribution in [1.29, 1.82) is 0 Å². The molecule has 1 aromatic heterocycles. The number of hydrogen-bond donors (Lipinski definition) is 0. The summed E-state index contributed by atoms with van der Waals surface area (Å²) in [6.07, 6.45) is 13.5. The normalized spacial score (nSPS) is 26.8. The smallest absolute Gasteiger partial charge is 0.226 e. The number of amides is 1. The van der Waals surface area contributed by atoms with Crippen LogP contribution in [0, 0.1) is 12.8 Å². The Bertz CT molecular complexity index is 506. The van der Waals surface area contributed by atoms with Crippen molar-refractivity contribution in [3.63, 3.8) is 0 Å². The Morgan fingerprint density at radius 1 is 1.35 bits per heavy atom. The average Bonchev–Trinajstić information content (AvgIpc) is 2.94. The fraction of sp³-hybridized carbons (Fsp3) is 0.625. The third-order valence-electron chi connectivity index (χ3n) is 4.43. The van der Waals surface area contributed by atoms with Crippen molar-refractivity contribution in [2.75, 3.05) is 13.1 Å². The van der Waals surface area contributed by atoms with Gasteiger partial charge in [0.25, 0.3) is 0 Å². The van der Waals surface area contributed by atoms with Gasteiger partial charge in [-0.1, -0.05) is 12.2 Å². The predicted molar refractivity (Wildman–Crippen MR) is 78.3 cm³/mol. The highest BCUT2D eigenvalue weighted by Crippen LogP contribution is 2.26. The van der Waals surface area contributed by atoms with Crippen molar-refractivity contribution < 1.29 is 4.79 Å². The maximum atomic E-state index is 12.6. The minimum Gasteiger partial charge on any atom is -0.340 e. The van der Waals surface area contributed by atoms with Crippen LogP contribution in [0.2, 0.25) is 0 Å². The highest BCUT2D eigenvalue weighted by molar-refractivity contribution is 5.79. The summed E-state index contributed by atoms with van der Waals surface area (Å²) in [5.41, 5.74) is 1.19. The van der Waals surface area contributed by atoms with E-state index in [4.69, 9.17) is 0 Å². The molecule has 1 aliphatic carbocycles. The molecule has 4 nitrogen and oxygen atoms in total. The van der Waals surface area contributed by atoms with E-state index in [0.29, 0.717) is 11.9 Å². The fourth-order valence-corrected chi connectivity index (χ4v) is 3.28. The molecule has 0 bridgehead atoms. The summed E-state index contributed by atoms with van der Waals surface area (Å²) in [5.74, 6) is 0.557. The van der Waals surface area contributed by atoms with Crippen molar-refractivity contribution in [2.24, 2.45) is 5.92 Å². The third-order valence-corrected chi connectivity index (χ3v) is 4.43. The Morgan fingerprint density at radius 2 is 2.25 bits per heavy atom. The largest absolute Gasteiger partial charge is 0.340 e. The molecule has 0 spiro atoms. The lowest BCUT2D eigenvalue weighted by Gasteiger charge is -2.35. The SMILES string of the molecule is Cc1cnn(C2CCCN(C(=O)C3CC=CCC3)C2)c1. The molecule has 3 rings (SSSR count). The first-order valence-electron chi connectivity index (χ1n) is 7.68. The Balaban J connectivity index is 1.65. The average molecular weight is 273 g/mol. The van der Waals surface area contributed by atoms with E-state index < -0.39 is 0 Å². The minimum atomic E-state index is 0.207. The van der Waals surface area contributed by atoms with Gasteiger partial charge in [0, 0.05) is 25.2 Å². The summed E-state index contributed by atoms with van der Waals surface area (Å²) >= 11 is 0. The molecule has 1 aliphatic heterocycles. The summed E-state index contributed by atoms with van der Waals surface area (Å²) in [7, 11) is 0. The molecule has 2 aliphatic rings. The first-order valence-corrected chi connectivity index (χ1v) is 7.68. The lowest BCUT2D eigenvalue weighted by Crippen LogP contribution is -2.43. The Morgan fingerprint density at radius 3 is 2.95 bits per heavy atom. The maximum Gasteiger partial charge on any atom is 0.226 e. The van der Waals surface area contributed by atoms with Crippen LogP contribution in [0.3, 0.4) is 0 Å². The van der Waals surface area contributed by atoms with Crippen LogP contribution in [0.5, 0.6) is 0 Å². The molecule has 4 heteroatoms. The number of aryl methyl sites for hydroxylation is 1. The number of hydrogen-bond acceptors (Lipinski definition) is 2. The quantitative estimate of drug-likeness (QED) is 0.777. The first-order chi connectivity index (χ1) is 9.74. The summed E-state index contributed by atoms with van der Waals surface area (Å²) in [6.45, 7) is 3.79. The Hall–Kier alpha value is -1.58. The van der Waals surface area contributed by atoms with Gasteiger partial charge in [-0.25, -0.2) is 0 Å². The van der Waals surface area contributed by atoms with Crippen LogP contribution in [-0.4, -0.2) is 33.7 Å². The second kappa shape index (κ2) is 5.81. The van der Waals surface area contributed by atoms with Crippen molar-refractivity contribution >= 4 is 5.91 Å². The molecule has 20 heavy (non-hydrogen) atoms. The fourth-order valence-electron chi connectivity index (χ4n) is 3.28. The molecule has 2 heterocycles. The second-order valence-electron chi connectivity index (χ2n) is 6.06. The molecular formula is C16H23N3O. The van der Waals surface area contributed by atoms with Gasteiger partial charge in [-0.2, -0.15) is 5.10 Å². The summed E-state index contributed by atoms with van der Waals surface area (Å²) in [4.78, 5) is 14.7. The second-order valence-corrected chi connectivity index (χ2v) is 6.06. The monoisotopic (exact) mass is 273 g/mol. The molecule has 2 atom stereocenters. The Labute approximate surface area is 120 Å². The zero-order valence-corrected chi connectivity index (χ0v) is 12.2. The van der Waals surface area contributed by atoms with E-state index in [0.717, 1.165) is 45.2 Å². The topological polar surface area (TPSA) is 38.1 Å². The number of carbonyl (C=O) groups is 1. The number of rotatable bonds is 2. The molecule has 1 amide bonds. The van der Waals surface area contributed by atoms with Crippen LogP contribution in [0.4, 0.5) is 0 Å². The van der Waals surface area contributed by atoms with Gasteiger partial charge in [-0.3, -0.25) is 9.48 Å². The van der Waals surface area contributed by atoms with E-state index >= 15 is 0 Å². The van der Waals surface area contributed by atoms with Gasteiger partial charge in [0.2, 0.25) is 5.91 Å². The van der Waals surface area contributed by atoms with E-state index in [1.54, 1.807) is 0 Å². The molecule has 108 valence electrons. The van der Waals surface area contributed by atoms with Crippen LogP contribution in [0.15, 0.2) is 24.5 Å². The highest BCUT2D eigenvalue weighted by atomic mass is 16.2. The molecule has 0 aromatic carbocycles. The summed E-state index contributed by atoms with van der Waals surface area (Å²) in [5, 5.41) is 4.41. The predicted octanol–water partition coefficient (Wildman–Crippen LogP) is 2.71. The van der Waals surface area contributed by atoms with E-state index in [9.17, 15) is 4.79 Å². The van der Waals surface area contributed by atoms with Gasteiger partial charge >= 0.3 is 0 Å². The molecule has 1 fully saturated rings. The van der Waals surface area contributed by atoms with E-state index in [1.807, 2.05) is 10.9 Å². The zero-order valence-electron chi connectivity index (χ0n) is 12.2. The lowest BCUT2D eigenvalue weighted by molar-refractivity contribution is -0.137. The van der Waals surface area contributed by atoms with Gasteiger partial charge in [0.05, 0.1) is 12.2 Å². The lowest BCUT2D eigenvalue weighted by atomic mass is 9.92. The molecule has 0 saturated carbocycles. The summed E-state index contributed by atoms with van der Waals surface area (Å²) < 4.78 is 2.04. The van der Waals surface area contributed by atoms with Crippen LogP contribution in [0.1, 0.15) is 43.7 Å². The first kappa shape index (κ1) is 13.4. The maximum absolute atomic E-state index is 12.6. The van der Waals surface area contributed by atoms with Crippen molar-refractivity contribution in [1.82, 2.24) is 14.7 Å². The molecule has 2 unspecified atom stereocenters. The molecule has 0 N–H and O–H groups in total. The number of piperidine rings is 1. The molecule has 0 radical (unpaired) electrons. The van der Waals surface area contributed by atoms with Gasteiger partial charge in [0.1, 0.15) is 0 Å². The third kappa shape index (κ3) is 2.79. The zero-order chi connectivity index (χ0) is 13.9. The number of nitrogens with zero attached hydrogens (tertiary/aromatic N) is 3. The van der Waals surface area contributed by atoms with Gasteiger partial charge in [-0.05, 0) is 44.6 Å². The van der Waals surface area contributed by atoms with E-state index in [1.165, 1.54) is 5.56 Å². The number of carbonyl (C=O) groups excluding carboxylic acids is 1. The number of aromatic nitrogens is 2. The van der Waals surface area contributed by atoms with E-state index in [-0.39, 0.29) is 5.92 Å². The number of likely N-dealkylation sites (tertiary alicyclic amines) is 1. The van der Waals surface area contributed by atoms with Gasteiger partial charge < -0.3 is 4.90 Å². The van der Waals surface area contributed by atoms with Gasteiger partial charge in [0.15, 0.2) is 0 Å². The van der Waals surface area contributed by atoms with Gasteiger partial charge in [-0.15, -0.1) is 0 Å². The highest BCUT2D eigenvalue weighted by Gasteiger charge is 2.29. The van der Waals surface area contributed by atoms with E-state index in [2.05, 4.69) is 35.3 Å². The Kier molecular flexibility index (Phi) is 3.90. The molecule has 1 aromatic rings. The van der Waals surface area contributed by atoms with Crippen LogP contribution >= 0.6 is 0 Å². The standard InChI is InChI=1S/C16H23N3O/c1-13-10-17-19(11-13)15-8-5-9-18(12-15)16(20)14-6-3-2-4-7-14/h2-3,10-11,14-15H,4-9,12H2,1H3. The van der Waals surface area contributed by atoms with Crippen molar-refractivity contribution in [3.05, 3.63) is 30.1 Å². The van der Waals surface area contributed by atoms with Crippen LogP contribution in [0.25, 0.3) is 0 Å². The minimum absolute atomic E-state index is 0.207. The molecule has 1 saturated heterocycles. The number of allylic oxidation sites excluding steroid dienone is 2. The van der Waals surface area contributed by atoms with Crippen molar-refractivity contribution in [3.8, 4) is 0 Å². The van der Waals surface area contributed by atoms with Crippen LogP contribution in [-0.2, 0) is 4.79 Å². The summed E-state index contributed by atoms with van der Waals surface area (Å²) in [6, 6.07) is 0.348.